The van der Waals surface area contributed by atoms with Crippen LogP contribution in [0.15, 0.2) is 74.4 Å². The maximum absolute atomic E-state index is 14.0. The number of rotatable bonds is 3. The van der Waals surface area contributed by atoms with Crippen molar-refractivity contribution in [2.75, 3.05) is 19.1 Å². The van der Waals surface area contributed by atoms with E-state index in [9.17, 15) is 9.90 Å². The number of aromatic hydroxyl groups is 1. The van der Waals surface area contributed by atoms with Crippen molar-refractivity contribution in [1.82, 2.24) is 4.90 Å². The van der Waals surface area contributed by atoms with Crippen LogP contribution in [0.2, 0.25) is 0 Å². The van der Waals surface area contributed by atoms with Crippen molar-refractivity contribution < 1.29 is 14.6 Å². The Hall–Kier alpha value is -3.10. The van der Waals surface area contributed by atoms with Crippen molar-refractivity contribution in [2.45, 2.75) is 43.0 Å². The number of anilines is 1. The Labute approximate surface area is 219 Å². The molecule has 2 fully saturated rings. The third kappa shape index (κ3) is 3.92. The molecule has 3 aromatic rings. The molecule has 0 unspecified atom stereocenters. The molecule has 184 valence electrons. The largest absolute Gasteiger partial charge is 0.506 e. The van der Waals surface area contributed by atoms with Gasteiger partial charge in [-0.2, -0.15) is 0 Å². The topological polar surface area (TPSA) is 65.4 Å². The van der Waals surface area contributed by atoms with E-state index in [1.54, 1.807) is 24.9 Å². The summed E-state index contributed by atoms with van der Waals surface area (Å²) < 4.78 is 5.42. The fraction of sp³-hybridized carbons (Fsp3) is 0.286. The monoisotopic (exact) mass is 517 g/mol. The lowest BCUT2D eigenvalue weighted by Crippen LogP contribution is -2.40. The number of aliphatic imine (C=N–C) groups is 1. The summed E-state index contributed by atoms with van der Waals surface area (Å²) >= 11 is 3.02. The molecule has 1 saturated carbocycles. The summed E-state index contributed by atoms with van der Waals surface area (Å²) in [5.74, 6) is 0.903. The highest BCUT2D eigenvalue weighted by Crippen LogP contribution is 2.52. The normalized spacial score (nSPS) is 21.6. The molecule has 36 heavy (non-hydrogen) atoms. The maximum Gasteiger partial charge on any atom is 0.269 e. The Morgan fingerprint density at radius 2 is 1.83 bits per heavy atom. The summed E-state index contributed by atoms with van der Waals surface area (Å²) in [6.45, 7) is 0. The van der Waals surface area contributed by atoms with E-state index in [1.807, 2.05) is 60.5 Å². The van der Waals surface area contributed by atoms with Crippen LogP contribution in [0.1, 0.15) is 32.1 Å². The Morgan fingerprint density at radius 3 is 2.64 bits per heavy atom. The highest BCUT2D eigenvalue weighted by atomic mass is 32.2. The van der Waals surface area contributed by atoms with E-state index in [2.05, 4.69) is 4.90 Å². The number of fused-ring (bicyclic) bond motifs is 2. The van der Waals surface area contributed by atoms with Crippen LogP contribution in [0.3, 0.4) is 0 Å². The molecule has 0 aromatic heterocycles. The van der Waals surface area contributed by atoms with Crippen LogP contribution < -0.4 is 9.64 Å². The number of carbonyl (C=O) groups is 1. The predicted octanol–water partition coefficient (Wildman–Crippen LogP) is 6.86. The lowest BCUT2D eigenvalue weighted by Gasteiger charge is -2.30. The van der Waals surface area contributed by atoms with Crippen LogP contribution in [-0.2, 0) is 4.79 Å². The zero-order valence-electron chi connectivity index (χ0n) is 20.2. The Kier molecular flexibility index (Phi) is 6.09. The fourth-order valence-electron chi connectivity index (χ4n) is 5.16. The second-order valence-electron chi connectivity index (χ2n) is 9.25. The molecule has 1 aliphatic carbocycles. The highest BCUT2D eigenvalue weighted by Gasteiger charge is 2.42. The van der Waals surface area contributed by atoms with Crippen molar-refractivity contribution in [3.63, 3.8) is 0 Å². The van der Waals surface area contributed by atoms with Gasteiger partial charge in [0.2, 0.25) is 0 Å². The third-order valence-electron chi connectivity index (χ3n) is 7.07. The van der Waals surface area contributed by atoms with Crippen LogP contribution in [-0.4, -0.2) is 41.3 Å². The summed E-state index contributed by atoms with van der Waals surface area (Å²) in [7, 11) is 3.65. The number of amides is 1. The lowest BCUT2D eigenvalue weighted by atomic mass is 9.94. The van der Waals surface area contributed by atoms with Crippen LogP contribution in [0, 0.1) is 0 Å². The van der Waals surface area contributed by atoms with Crippen LogP contribution in [0.4, 0.5) is 11.4 Å². The number of nitrogens with zero attached hydrogens (tertiary/aromatic N) is 3. The number of ether oxygens (including phenoxy) is 1. The minimum Gasteiger partial charge on any atom is -0.506 e. The van der Waals surface area contributed by atoms with Crippen LogP contribution in [0.25, 0.3) is 10.8 Å². The zero-order valence-corrected chi connectivity index (χ0v) is 21.9. The standard InChI is InChI=1S/C28H27N3O3S2/c1-30-21-16-19(34-2)13-15-23(21)35-27(30)25-26(33)31(18-9-4-3-5-10-18)28(36-25)29-24-20-11-7-6-8-17(20)12-14-22(24)32/h6-8,11-16,18,32H,3-5,9-10H2,1-2H3. The zero-order chi connectivity index (χ0) is 24.8. The van der Waals surface area contributed by atoms with Crippen molar-refractivity contribution in [1.29, 1.82) is 0 Å². The van der Waals surface area contributed by atoms with Gasteiger partial charge in [0.05, 0.1) is 17.8 Å². The van der Waals surface area contributed by atoms with Crippen molar-refractivity contribution in [3.05, 3.63) is 64.5 Å². The molecule has 1 amide bonds. The van der Waals surface area contributed by atoms with E-state index in [1.165, 1.54) is 18.2 Å². The highest BCUT2D eigenvalue weighted by molar-refractivity contribution is 8.19. The number of phenolic OH excluding ortho intramolecular Hbond substituents is 1. The van der Waals surface area contributed by atoms with Gasteiger partial charge in [0, 0.05) is 29.4 Å². The molecule has 2 heterocycles. The first-order chi connectivity index (χ1) is 17.5. The van der Waals surface area contributed by atoms with Gasteiger partial charge in [-0.25, -0.2) is 4.99 Å². The van der Waals surface area contributed by atoms with Crippen molar-refractivity contribution >= 4 is 56.7 Å². The van der Waals surface area contributed by atoms with E-state index < -0.39 is 0 Å². The lowest BCUT2D eigenvalue weighted by molar-refractivity contribution is -0.124. The van der Waals surface area contributed by atoms with Gasteiger partial charge in [-0.05, 0) is 48.2 Å². The SMILES string of the molecule is COc1ccc2c(c1)N(C)C(=C1SC(=Nc3c(O)ccc4ccccc34)N(C3CCCCC3)C1=O)S2. The second kappa shape index (κ2) is 9.41. The maximum atomic E-state index is 14.0. The van der Waals surface area contributed by atoms with Crippen LogP contribution >= 0.6 is 23.5 Å². The molecule has 0 radical (unpaired) electrons. The summed E-state index contributed by atoms with van der Waals surface area (Å²) in [5.41, 5.74) is 1.53. The molecule has 6 nitrogen and oxygen atoms in total. The number of hydrogen-bond acceptors (Lipinski definition) is 7. The van der Waals surface area contributed by atoms with E-state index in [4.69, 9.17) is 9.73 Å². The molecule has 0 atom stereocenters. The van der Waals surface area contributed by atoms with Gasteiger partial charge in [-0.15, -0.1) is 0 Å². The molecular formula is C28H27N3O3S2. The van der Waals surface area contributed by atoms with Crippen molar-refractivity contribution in [2.24, 2.45) is 4.99 Å². The number of carbonyl (C=O) groups excluding carboxylic acids is 1. The average Bonchev–Trinajstić information content (AvgIpc) is 3.41. The number of methoxy groups -OCH3 is 1. The van der Waals surface area contributed by atoms with Gasteiger partial charge in [-0.1, -0.05) is 61.4 Å². The summed E-state index contributed by atoms with van der Waals surface area (Å²) in [6, 6.07) is 17.6. The summed E-state index contributed by atoms with van der Waals surface area (Å²) in [5, 5.41) is 14.2. The van der Waals surface area contributed by atoms with Gasteiger partial charge in [-0.3, -0.25) is 9.69 Å². The van der Waals surface area contributed by atoms with Gasteiger partial charge in [0.25, 0.3) is 5.91 Å². The Morgan fingerprint density at radius 1 is 1.03 bits per heavy atom. The first-order valence-corrected chi connectivity index (χ1v) is 13.8. The van der Waals surface area contributed by atoms with Gasteiger partial charge in [0.15, 0.2) is 5.17 Å². The Bertz CT molecular complexity index is 1430. The number of thioether (sulfide) groups is 2. The smallest absolute Gasteiger partial charge is 0.269 e. The summed E-state index contributed by atoms with van der Waals surface area (Å²) in [6.07, 6.45) is 5.35. The van der Waals surface area contributed by atoms with E-state index in [0.717, 1.165) is 57.8 Å². The molecule has 1 N–H and O–H groups in total. The van der Waals surface area contributed by atoms with E-state index >= 15 is 0 Å². The van der Waals surface area contributed by atoms with Gasteiger partial charge in [0.1, 0.15) is 22.1 Å². The molecule has 6 rings (SSSR count). The number of amidine groups is 1. The first-order valence-electron chi connectivity index (χ1n) is 12.2. The van der Waals surface area contributed by atoms with E-state index in [-0.39, 0.29) is 17.7 Å². The number of phenols is 1. The minimum atomic E-state index is -0.000465. The molecule has 8 heteroatoms. The molecule has 0 bridgehead atoms. The number of benzene rings is 3. The van der Waals surface area contributed by atoms with Gasteiger partial charge < -0.3 is 14.7 Å². The molecule has 1 saturated heterocycles. The molecular weight excluding hydrogens is 490 g/mol. The number of hydrogen-bond donors (Lipinski definition) is 1. The minimum absolute atomic E-state index is 0.000465. The average molecular weight is 518 g/mol. The third-order valence-corrected chi connectivity index (χ3v) is 9.48. The predicted molar refractivity (Wildman–Crippen MR) is 148 cm³/mol. The first kappa shape index (κ1) is 23.3. The molecule has 2 aliphatic heterocycles. The van der Waals surface area contributed by atoms with E-state index in [0.29, 0.717) is 15.8 Å². The molecule has 3 aromatic carbocycles. The quantitative estimate of drug-likeness (QED) is 0.383. The molecule has 0 spiro atoms. The Balaban J connectivity index is 1.46. The second-order valence-corrected chi connectivity index (χ2v) is 11.3. The van der Waals surface area contributed by atoms with Crippen molar-refractivity contribution in [3.8, 4) is 11.5 Å². The van der Waals surface area contributed by atoms with Crippen LogP contribution in [0.5, 0.6) is 11.5 Å². The fourth-order valence-corrected chi connectivity index (χ4v) is 7.53. The van der Waals surface area contributed by atoms with Gasteiger partial charge >= 0.3 is 0 Å². The summed E-state index contributed by atoms with van der Waals surface area (Å²) in [4.78, 5) is 24.7. The molecule has 3 aliphatic rings.